The number of carbonyl (C=O) groups is 2. The van der Waals surface area contributed by atoms with Crippen LogP contribution in [0.25, 0.3) is 10.4 Å². The predicted molar refractivity (Wildman–Crippen MR) is 251 cm³/mol. The van der Waals surface area contributed by atoms with Gasteiger partial charge in [0.25, 0.3) is 5.56 Å². The molecule has 17 heteroatoms. The molecule has 3 heterocycles. The second kappa shape index (κ2) is 24.5. The Morgan fingerprint density at radius 1 is 0.806 bits per heavy atom. The van der Waals surface area contributed by atoms with Gasteiger partial charge in [0.05, 0.1) is 0 Å². The topological polar surface area (TPSA) is 190 Å². The summed E-state index contributed by atoms with van der Waals surface area (Å²) in [7, 11) is -5.26. The molecule has 7 atom stereocenters. The van der Waals surface area contributed by atoms with Crippen LogP contribution in [0.1, 0.15) is 164 Å². The Bertz CT molecular complexity index is 1720. The maximum absolute atomic E-state index is 14.6. The van der Waals surface area contributed by atoms with Gasteiger partial charge in [-0.25, -0.2) is 4.79 Å². The van der Waals surface area contributed by atoms with E-state index in [9.17, 15) is 19.2 Å². The van der Waals surface area contributed by atoms with Crippen LogP contribution in [-0.2, 0) is 27.9 Å². The van der Waals surface area contributed by atoms with Gasteiger partial charge in [-0.3, -0.25) is 23.9 Å². The van der Waals surface area contributed by atoms with E-state index in [4.69, 9.17) is 23.9 Å². The molecule has 1 aromatic rings. The number of nitrogens with one attached hydrogen (secondary N) is 2. The Morgan fingerprint density at radius 3 is 1.81 bits per heavy atom. The van der Waals surface area contributed by atoms with Crippen LogP contribution >= 0.6 is 0 Å². The molecule has 0 unspecified atom stereocenters. The van der Waals surface area contributed by atoms with Gasteiger partial charge in [0, 0.05) is 37.2 Å². The van der Waals surface area contributed by atoms with Crippen molar-refractivity contribution in [2.24, 2.45) is 5.11 Å². The summed E-state index contributed by atoms with van der Waals surface area (Å²) >= 11 is 0. The first kappa shape index (κ1) is 53.5. The number of nitrogens with zero attached hydrogens (tertiary/aromatic N) is 5. The molecule has 2 N–H and O–H groups in total. The van der Waals surface area contributed by atoms with Crippen molar-refractivity contribution in [1.82, 2.24) is 19.8 Å². The quantitative estimate of drug-likeness (QED) is 0.0302. The van der Waals surface area contributed by atoms with Crippen LogP contribution in [0.3, 0.4) is 0 Å². The summed E-state index contributed by atoms with van der Waals surface area (Å²) in [6, 6.07) is 0.167. The summed E-state index contributed by atoms with van der Waals surface area (Å²) in [5.41, 5.74) is 7.73. The molecule has 3 rings (SSSR count). The molecule has 354 valence electrons. The number of amides is 2. The summed E-state index contributed by atoms with van der Waals surface area (Å²) in [6.07, 6.45) is 13.8. The number of hydrogen-bond donors (Lipinski definition) is 2. The third kappa shape index (κ3) is 15.2. The predicted octanol–water partition coefficient (Wildman–Crippen LogP) is 9.84. The number of aromatic amines is 1. The van der Waals surface area contributed by atoms with E-state index in [2.05, 4.69) is 95.0 Å². The highest BCUT2D eigenvalue weighted by atomic mass is 28.4. The van der Waals surface area contributed by atoms with Crippen LogP contribution in [0.15, 0.2) is 27.0 Å². The lowest BCUT2D eigenvalue weighted by molar-refractivity contribution is -0.140. The number of azide groups is 1. The zero-order chi connectivity index (χ0) is 46.3. The third-order valence-corrected chi connectivity index (χ3v) is 22.6. The van der Waals surface area contributed by atoms with Crippen LogP contribution in [0.4, 0.5) is 0 Å². The largest absolute Gasteiger partial charge is 0.408 e. The molecule has 0 bridgehead atoms. The smallest absolute Gasteiger partial charge is 0.330 e. The molecule has 62 heavy (non-hydrogen) atoms. The molecule has 2 aliphatic rings. The van der Waals surface area contributed by atoms with Crippen molar-refractivity contribution in [2.45, 2.75) is 237 Å². The monoisotopic (exact) mass is 906 g/mol. The van der Waals surface area contributed by atoms with Crippen molar-refractivity contribution in [3.05, 3.63) is 43.5 Å². The Balaban J connectivity index is 1.93. The second-order valence-electron chi connectivity index (χ2n) is 20.6. The van der Waals surface area contributed by atoms with Crippen molar-refractivity contribution in [3.8, 4) is 0 Å². The van der Waals surface area contributed by atoms with Crippen molar-refractivity contribution < 1.29 is 27.9 Å². The van der Waals surface area contributed by atoms with Gasteiger partial charge in [0.1, 0.15) is 36.7 Å². The lowest BCUT2D eigenvalue weighted by atomic mass is 9.98. The first-order chi connectivity index (χ1) is 29.1. The van der Waals surface area contributed by atoms with Crippen LogP contribution in [0, 0.1) is 0 Å². The zero-order valence-corrected chi connectivity index (χ0v) is 42.4. The van der Waals surface area contributed by atoms with Gasteiger partial charge in [-0.15, -0.1) is 0 Å². The molecular formula is C45H83N7O8Si2. The molecular weight excluding hydrogens is 823 g/mol. The van der Waals surface area contributed by atoms with Crippen molar-refractivity contribution in [1.29, 1.82) is 0 Å². The molecule has 2 saturated heterocycles. The van der Waals surface area contributed by atoms with E-state index in [0.717, 1.165) is 19.3 Å². The van der Waals surface area contributed by atoms with Crippen LogP contribution in [0.2, 0.25) is 36.3 Å². The number of H-pyrrole nitrogens is 1. The fourth-order valence-electron chi connectivity index (χ4n) is 7.89. The average Bonchev–Trinajstić information content (AvgIpc) is 3.71. The van der Waals surface area contributed by atoms with Gasteiger partial charge in [0.15, 0.2) is 22.9 Å². The van der Waals surface area contributed by atoms with Gasteiger partial charge in [0.2, 0.25) is 11.8 Å². The summed E-state index contributed by atoms with van der Waals surface area (Å²) in [6.45, 7) is 25.6. The SMILES string of the molecule is CCCCCCCCCCCCCCCCNC(=O)[C@@H]1[C@@H]([C@H]2O[C@@H](n3ccc(=O)[nH]c3=O)[C@H](O[Si](C)(C)C(C)(C)C)[C@@H]2O[Si](C)(C)C(C)(C)C)O[C@H](CCCN=[N+]=[N-])N1C(C)=O. The van der Waals surface area contributed by atoms with Gasteiger partial charge in [-0.2, -0.15) is 0 Å². The van der Waals surface area contributed by atoms with Crippen molar-refractivity contribution in [2.75, 3.05) is 13.1 Å². The van der Waals surface area contributed by atoms with E-state index in [0.29, 0.717) is 19.4 Å². The number of aromatic nitrogens is 2. The van der Waals surface area contributed by atoms with E-state index >= 15 is 0 Å². The maximum atomic E-state index is 14.6. The Morgan fingerprint density at radius 2 is 1.32 bits per heavy atom. The second-order valence-corrected chi connectivity index (χ2v) is 30.1. The van der Waals surface area contributed by atoms with Crippen LogP contribution in [-0.4, -0.2) is 92.7 Å². The maximum Gasteiger partial charge on any atom is 0.330 e. The number of carbonyl (C=O) groups excluding carboxylic acids is 2. The van der Waals surface area contributed by atoms with E-state index < -0.39 is 70.8 Å². The van der Waals surface area contributed by atoms with Crippen molar-refractivity contribution >= 4 is 28.4 Å². The lowest BCUT2D eigenvalue weighted by Crippen LogP contribution is -2.58. The fraction of sp³-hybridized carbons (Fsp3) is 0.867. The Kier molecular flexibility index (Phi) is 21.1. The number of ether oxygens (including phenoxy) is 2. The van der Waals surface area contributed by atoms with Gasteiger partial charge >= 0.3 is 5.69 Å². The summed E-state index contributed by atoms with van der Waals surface area (Å²) < 4.78 is 29.6. The summed E-state index contributed by atoms with van der Waals surface area (Å²) in [5, 5.41) is 6.33. The van der Waals surface area contributed by atoms with E-state index in [1.807, 2.05) is 0 Å². The summed E-state index contributed by atoms with van der Waals surface area (Å²) in [4.78, 5) is 60.7. The van der Waals surface area contributed by atoms with Gasteiger partial charge < -0.3 is 28.5 Å². The van der Waals surface area contributed by atoms with E-state index in [1.165, 1.54) is 99.3 Å². The normalized spacial score (nSPS) is 23.4. The van der Waals surface area contributed by atoms with Gasteiger partial charge in [-0.05, 0) is 61.1 Å². The Hall–Kier alpha value is -2.80. The standard InChI is InChI=1S/C45H83N7O8Si2/c1-13-14-15-16-17-18-19-20-21-22-23-24-25-26-30-47-41(55)36-37(57-35(52(36)33(2)53)28-27-31-48-50-46)38-39(59-61(9,10)44(3,4)5)40(60-62(11,12)45(6,7)8)42(58-38)51-32-29-34(54)49-43(51)56/h29,32,35-40,42H,13-28,30-31H2,1-12H3,(H,47,55)(H,49,54,56)/t35-,36+,37+,38-,39-,40-,42-/m1/s1. The molecule has 1 aromatic heterocycles. The van der Waals surface area contributed by atoms with Crippen LogP contribution in [0.5, 0.6) is 0 Å². The Labute approximate surface area is 374 Å². The zero-order valence-electron chi connectivity index (χ0n) is 40.4. The fourth-order valence-corrected chi connectivity index (χ4v) is 10.5. The van der Waals surface area contributed by atoms with Gasteiger partial charge in [-0.1, -0.05) is 137 Å². The minimum atomic E-state index is -2.64. The van der Waals surface area contributed by atoms with Crippen LogP contribution < -0.4 is 16.6 Å². The molecule has 0 spiro atoms. The molecule has 2 fully saturated rings. The molecule has 15 nitrogen and oxygen atoms in total. The molecule has 2 aliphatic heterocycles. The van der Waals surface area contributed by atoms with Crippen molar-refractivity contribution in [3.63, 3.8) is 0 Å². The molecule has 2 amide bonds. The molecule has 0 saturated carbocycles. The van der Waals surface area contributed by atoms with E-state index in [-0.39, 0.29) is 28.4 Å². The number of unbranched alkanes of at least 4 members (excludes halogenated alkanes) is 13. The minimum absolute atomic E-state index is 0.194. The minimum Gasteiger partial charge on any atom is -0.408 e. The average molecular weight is 906 g/mol. The third-order valence-electron chi connectivity index (χ3n) is 13.6. The highest BCUT2D eigenvalue weighted by Gasteiger charge is 2.61. The molecule has 0 aromatic carbocycles. The number of rotatable bonds is 26. The lowest BCUT2D eigenvalue weighted by Gasteiger charge is -2.44. The molecule has 0 aliphatic carbocycles. The highest BCUT2D eigenvalue weighted by Crippen LogP contribution is 2.48. The first-order valence-corrected chi connectivity index (χ1v) is 29.4. The summed E-state index contributed by atoms with van der Waals surface area (Å²) in [5.74, 6) is -0.709. The number of hydrogen-bond acceptors (Lipinski definition) is 9. The molecule has 0 radical (unpaired) electrons. The van der Waals surface area contributed by atoms with E-state index in [1.54, 1.807) is 0 Å². The first-order valence-electron chi connectivity index (χ1n) is 23.6. The highest BCUT2D eigenvalue weighted by molar-refractivity contribution is 6.74.